The molecule has 0 aliphatic carbocycles. The minimum absolute atomic E-state index is 0.0592. The molecule has 1 aromatic carbocycles. The summed E-state index contributed by atoms with van der Waals surface area (Å²) in [7, 11) is 0. The van der Waals surface area contributed by atoms with Crippen LogP contribution in [0.25, 0.3) is 0 Å². The van der Waals surface area contributed by atoms with Crippen LogP contribution in [-0.2, 0) is 11.4 Å². The van der Waals surface area contributed by atoms with Gasteiger partial charge in [-0.05, 0) is 5.56 Å². The number of rotatable bonds is 3. The Morgan fingerprint density at radius 1 is 1.19 bits per heavy atom. The number of hydrogen-bond donors (Lipinski definition) is 0. The van der Waals surface area contributed by atoms with Gasteiger partial charge >= 0.3 is 6.18 Å². The van der Waals surface area contributed by atoms with Crippen LogP contribution in [0.2, 0.25) is 0 Å². The van der Waals surface area contributed by atoms with Crippen molar-refractivity contribution < 1.29 is 18.0 Å². The van der Waals surface area contributed by atoms with Gasteiger partial charge < -0.3 is 0 Å². The third-order valence-corrected chi connectivity index (χ3v) is 2.57. The van der Waals surface area contributed by atoms with E-state index in [-0.39, 0.29) is 13.1 Å². The molecule has 1 saturated heterocycles. The molecule has 1 fully saturated rings. The summed E-state index contributed by atoms with van der Waals surface area (Å²) >= 11 is 0. The highest BCUT2D eigenvalue weighted by Crippen LogP contribution is 2.33. The van der Waals surface area contributed by atoms with Crippen molar-refractivity contribution in [1.29, 1.82) is 0 Å². The van der Waals surface area contributed by atoms with E-state index >= 15 is 0 Å². The number of hydrogen-bond acceptors (Lipinski definition) is 2. The highest BCUT2D eigenvalue weighted by atomic mass is 19.4. The van der Waals surface area contributed by atoms with E-state index in [2.05, 4.69) is 0 Å². The third kappa shape index (κ3) is 2.74. The first-order valence-electron chi connectivity index (χ1n) is 5.04. The van der Waals surface area contributed by atoms with E-state index in [1.807, 2.05) is 30.3 Å². The number of hydroxylamine groups is 2. The predicted octanol–water partition coefficient (Wildman–Crippen LogP) is 2.61. The van der Waals surface area contributed by atoms with Crippen molar-refractivity contribution in [2.75, 3.05) is 13.1 Å². The highest BCUT2D eigenvalue weighted by molar-refractivity contribution is 5.13. The summed E-state index contributed by atoms with van der Waals surface area (Å²) in [5.41, 5.74) is 0.956. The number of nitrogens with zero attached hydrogens (tertiary/aromatic N) is 1. The summed E-state index contributed by atoms with van der Waals surface area (Å²) in [6, 6.07) is 9.37. The Labute approximate surface area is 91.6 Å². The molecule has 0 spiro atoms. The average Bonchev–Trinajstić information content (AvgIpc) is 2.15. The van der Waals surface area contributed by atoms with E-state index in [4.69, 9.17) is 4.84 Å². The first kappa shape index (κ1) is 11.4. The first-order valence-corrected chi connectivity index (χ1v) is 5.04. The summed E-state index contributed by atoms with van der Waals surface area (Å²) in [5, 5.41) is 1.35. The predicted molar refractivity (Wildman–Crippen MR) is 52.3 cm³/mol. The molecule has 1 heterocycles. The van der Waals surface area contributed by atoms with Crippen molar-refractivity contribution in [2.45, 2.75) is 12.8 Å². The molecular weight excluding hydrogens is 219 g/mol. The number of halogens is 3. The minimum Gasteiger partial charge on any atom is -0.294 e. The molecule has 1 aliphatic heterocycles. The SMILES string of the molecule is FC(F)(F)C1CN(OCc2ccccc2)C1. The van der Waals surface area contributed by atoms with Gasteiger partial charge in [0, 0.05) is 13.1 Å². The zero-order valence-electron chi connectivity index (χ0n) is 8.57. The fraction of sp³-hybridized carbons (Fsp3) is 0.455. The van der Waals surface area contributed by atoms with Gasteiger partial charge in [0.1, 0.15) is 0 Å². The number of alkyl halides is 3. The summed E-state index contributed by atoms with van der Waals surface area (Å²) in [5.74, 6) is -1.23. The van der Waals surface area contributed by atoms with Crippen molar-refractivity contribution in [3.05, 3.63) is 35.9 Å². The van der Waals surface area contributed by atoms with E-state index in [1.54, 1.807) is 0 Å². The van der Waals surface area contributed by atoms with E-state index < -0.39 is 12.1 Å². The van der Waals surface area contributed by atoms with Gasteiger partial charge in [0.15, 0.2) is 0 Å². The summed E-state index contributed by atoms with van der Waals surface area (Å²) < 4.78 is 36.5. The molecule has 2 nitrogen and oxygen atoms in total. The van der Waals surface area contributed by atoms with E-state index in [1.165, 1.54) is 5.06 Å². The molecule has 0 amide bonds. The Bertz CT molecular complexity index is 333. The first-order chi connectivity index (χ1) is 7.55. The maximum absolute atomic E-state index is 12.2. The van der Waals surface area contributed by atoms with Gasteiger partial charge in [0.25, 0.3) is 0 Å². The molecule has 88 valence electrons. The van der Waals surface area contributed by atoms with Crippen molar-refractivity contribution in [3.63, 3.8) is 0 Å². The second-order valence-corrected chi connectivity index (χ2v) is 3.84. The summed E-state index contributed by atoms with van der Waals surface area (Å²) in [4.78, 5) is 5.22. The van der Waals surface area contributed by atoms with Gasteiger partial charge in [-0.25, -0.2) is 0 Å². The molecule has 0 unspecified atom stereocenters. The standard InChI is InChI=1S/C11H12F3NO/c12-11(13,14)10-6-15(7-10)16-8-9-4-2-1-3-5-9/h1-5,10H,6-8H2. The Kier molecular flexibility index (Phi) is 3.16. The topological polar surface area (TPSA) is 12.5 Å². The second-order valence-electron chi connectivity index (χ2n) is 3.84. The summed E-state index contributed by atoms with van der Waals surface area (Å²) in [6.45, 7) is 0.206. The van der Waals surface area contributed by atoms with Gasteiger partial charge in [-0.2, -0.15) is 18.2 Å². The second kappa shape index (κ2) is 4.43. The molecule has 1 aromatic rings. The minimum atomic E-state index is -4.09. The third-order valence-electron chi connectivity index (χ3n) is 2.57. The molecule has 2 rings (SSSR count). The Hall–Kier alpha value is -1.07. The van der Waals surface area contributed by atoms with Crippen molar-refractivity contribution in [3.8, 4) is 0 Å². The average molecular weight is 231 g/mol. The normalized spacial score (nSPS) is 18.4. The van der Waals surface area contributed by atoms with Crippen molar-refractivity contribution in [1.82, 2.24) is 5.06 Å². The zero-order chi connectivity index (χ0) is 11.6. The highest BCUT2D eigenvalue weighted by Gasteiger charge is 2.47. The fourth-order valence-corrected chi connectivity index (χ4v) is 1.49. The quantitative estimate of drug-likeness (QED) is 0.792. The van der Waals surface area contributed by atoms with Crippen molar-refractivity contribution >= 4 is 0 Å². The molecule has 0 radical (unpaired) electrons. The lowest BCUT2D eigenvalue weighted by Crippen LogP contribution is -2.52. The van der Waals surface area contributed by atoms with Gasteiger partial charge in [-0.15, -0.1) is 0 Å². The van der Waals surface area contributed by atoms with E-state index in [0.717, 1.165) is 5.56 Å². The molecule has 0 aromatic heterocycles. The number of benzene rings is 1. The molecule has 0 bridgehead atoms. The van der Waals surface area contributed by atoms with E-state index in [0.29, 0.717) is 6.61 Å². The van der Waals surface area contributed by atoms with Crippen LogP contribution in [0, 0.1) is 5.92 Å². The van der Waals surface area contributed by atoms with Crippen LogP contribution in [0.3, 0.4) is 0 Å². The van der Waals surface area contributed by atoms with Crippen LogP contribution in [0.15, 0.2) is 30.3 Å². The zero-order valence-corrected chi connectivity index (χ0v) is 8.57. The van der Waals surface area contributed by atoms with Gasteiger partial charge in [0.2, 0.25) is 0 Å². The molecule has 5 heteroatoms. The Morgan fingerprint density at radius 3 is 2.38 bits per heavy atom. The van der Waals surface area contributed by atoms with Crippen molar-refractivity contribution in [2.24, 2.45) is 5.92 Å². The maximum Gasteiger partial charge on any atom is 0.394 e. The molecule has 0 saturated carbocycles. The lowest BCUT2D eigenvalue weighted by atomic mass is 10.0. The Morgan fingerprint density at radius 2 is 1.81 bits per heavy atom. The van der Waals surface area contributed by atoms with Gasteiger partial charge in [-0.3, -0.25) is 4.84 Å². The van der Waals surface area contributed by atoms with Gasteiger partial charge in [0.05, 0.1) is 12.5 Å². The Balaban J connectivity index is 1.71. The lowest BCUT2D eigenvalue weighted by molar-refractivity contribution is -0.294. The van der Waals surface area contributed by atoms with Crippen LogP contribution >= 0.6 is 0 Å². The van der Waals surface area contributed by atoms with Gasteiger partial charge in [-0.1, -0.05) is 30.3 Å². The molecule has 0 atom stereocenters. The largest absolute Gasteiger partial charge is 0.394 e. The van der Waals surface area contributed by atoms with Crippen LogP contribution in [0.5, 0.6) is 0 Å². The molecule has 0 N–H and O–H groups in total. The smallest absolute Gasteiger partial charge is 0.294 e. The molecule has 16 heavy (non-hydrogen) atoms. The monoisotopic (exact) mass is 231 g/mol. The van der Waals surface area contributed by atoms with E-state index in [9.17, 15) is 13.2 Å². The maximum atomic E-state index is 12.2. The molecule has 1 aliphatic rings. The fourth-order valence-electron chi connectivity index (χ4n) is 1.49. The van der Waals surface area contributed by atoms with Crippen LogP contribution < -0.4 is 0 Å². The lowest BCUT2D eigenvalue weighted by Gasteiger charge is -2.38. The molecular formula is C11H12F3NO. The van der Waals surface area contributed by atoms with Crippen LogP contribution in [0.1, 0.15) is 5.56 Å². The van der Waals surface area contributed by atoms with Crippen LogP contribution in [0.4, 0.5) is 13.2 Å². The summed E-state index contributed by atoms with van der Waals surface area (Å²) in [6.07, 6.45) is -4.09. The van der Waals surface area contributed by atoms with Crippen LogP contribution in [-0.4, -0.2) is 24.3 Å².